The zero-order chi connectivity index (χ0) is 29.3. The zero-order valence-corrected chi connectivity index (χ0v) is 24.6. The van der Waals surface area contributed by atoms with Gasteiger partial charge >= 0.3 is 0 Å². The molecule has 0 aliphatic carbocycles. The van der Waals surface area contributed by atoms with Crippen LogP contribution in [-0.2, 0) is 34.9 Å². The first-order valence-electron chi connectivity index (χ1n) is 11.8. The Morgan fingerprint density at radius 2 is 1.59 bits per heavy atom. The second-order valence-corrected chi connectivity index (χ2v) is 15.4. The normalized spacial score (nSPS) is 19.3. The number of nitrogens with one attached hydrogen (secondary N) is 1. The molecule has 0 saturated carbocycles. The van der Waals surface area contributed by atoms with Crippen LogP contribution in [0.2, 0.25) is 0 Å². The molecule has 2 unspecified atom stereocenters. The summed E-state index contributed by atoms with van der Waals surface area (Å²) >= 11 is 0. The van der Waals surface area contributed by atoms with Crippen molar-refractivity contribution in [3.05, 3.63) is 53.6 Å². The molecule has 1 saturated heterocycles. The van der Waals surface area contributed by atoms with Crippen molar-refractivity contribution < 1.29 is 30.0 Å². The first kappa shape index (κ1) is 30.5. The Hall–Kier alpha value is -3.03. The summed E-state index contributed by atoms with van der Waals surface area (Å²) in [5.74, 6) is -0.432. The van der Waals surface area contributed by atoms with Crippen molar-refractivity contribution in [1.82, 2.24) is 9.21 Å². The fourth-order valence-corrected chi connectivity index (χ4v) is 9.56. The zero-order valence-electron chi connectivity index (χ0n) is 22.2. The number of carbonyl (C=O) groups excluding carboxylic acids is 1. The van der Waals surface area contributed by atoms with Crippen molar-refractivity contribution in [3.63, 3.8) is 0 Å². The van der Waals surface area contributed by atoms with Gasteiger partial charge in [0.05, 0.1) is 41.3 Å². The third-order valence-corrected chi connectivity index (χ3v) is 11.5. The summed E-state index contributed by atoms with van der Waals surface area (Å²) in [5.41, 5.74) is 0.936. The Morgan fingerprint density at radius 1 is 1.00 bits per heavy atom. The molecule has 0 aromatic heterocycles. The minimum Gasteiger partial charge on any atom is -0.325 e. The number of benzene rings is 2. The van der Waals surface area contributed by atoms with E-state index in [0.717, 1.165) is 12.5 Å². The summed E-state index contributed by atoms with van der Waals surface area (Å²) in [6, 6.07) is 10.9. The maximum atomic E-state index is 13.3. The fourth-order valence-electron chi connectivity index (χ4n) is 4.75. The maximum absolute atomic E-state index is 13.3. The molecule has 3 rings (SSSR count). The smallest absolute Gasteiger partial charge is 0.245 e. The highest BCUT2D eigenvalue weighted by molar-refractivity contribution is 8.09. The molecule has 39 heavy (non-hydrogen) atoms. The lowest BCUT2D eigenvalue weighted by Gasteiger charge is -2.43. The lowest BCUT2D eigenvalue weighted by atomic mass is 10.1. The first-order chi connectivity index (χ1) is 17.9. The summed E-state index contributed by atoms with van der Waals surface area (Å²) in [4.78, 5) is 14.8. The van der Waals surface area contributed by atoms with E-state index in [9.17, 15) is 30.0 Å². The summed E-state index contributed by atoms with van der Waals surface area (Å²) in [5, 5.41) is 11.8. The number of hydrogen-bond donors (Lipinski definition) is 1. The quantitative estimate of drug-likeness (QED) is 0.472. The summed E-state index contributed by atoms with van der Waals surface area (Å²) in [6.45, 7) is 5.63. The second kappa shape index (κ2) is 11.2. The van der Waals surface area contributed by atoms with Gasteiger partial charge in [0, 0.05) is 30.9 Å². The molecule has 0 radical (unpaired) electrons. The van der Waals surface area contributed by atoms with Crippen molar-refractivity contribution in [2.24, 2.45) is 0 Å². The number of nitriles is 1. The molecule has 15 heteroatoms. The van der Waals surface area contributed by atoms with Crippen molar-refractivity contribution in [2.45, 2.75) is 37.8 Å². The molecule has 212 valence electrons. The Kier molecular flexibility index (Phi) is 8.78. The van der Waals surface area contributed by atoms with E-state index < -0.39 is 48.1 Å². The highest BCUT2D eigenvalue weighted by atomic mass is 32.3. The predicted octanol–water partition coefficient (Wildman–Crippen LogP) is 1.31. The second-order valence-electron chi connectivity index (χ2n) is 9.64. The van der Waals surface area contributed by atoms with Crippen molar-refractivity contribution in [3.8, 4) is 6.07 Å². The lowest BCUT2D eigenvalue weighted by molar-refractivity contribution is -0.118. The molecular formula is C24H31N5O7S3. The molecular weight excluding hydrogens is 566 g/mol. The lowest BCUT2D eigenvalue weighted by Crippen LogP contribution is -2.59. The van der Waals surface area contributed by atoms with Crippen molar-refractivity contribution in [2.75, 3.05) is 41.2 Å². The van der Waals surface area contributed by atoms with Gasteiger partial charge in [-0.3, -0.25) is 9.69 Å². The number of anilines is 2. The molecule has 1 aliphatic rings. The number of amides is 1. The highest BCUT2D eigenvalue weighted by Gasteiger charge is 2.39. The Morgan fingerprint density at radius 3 is 2.13 bits per heavy atom. The van der Waals surface area contributed by atoms with E-state index in [1.165, 1.54) is 46.8 Å². The van der Waals surface area contributed by atoms with Gasteiger partial charge in [0.1, 0.15) is 0 Å². The van der Waals surface area contributed by atoms with E-state index in [2.05, 4.69) is 5.32 Å². The van der Waals surface area contributed by atoms with E-state index in [1.807, 2.05) is 6.07 Å². The first-order valence-corrected chi connectivity index (χ1v) is 17.0. The van der Waals surface area contributed by atoms with E-state index in [4.69, 9.17) is 5.26 Å². The number of sulfonamides is 3. The molecule has 2 aromatic rings. The number of rotatable bonds is 8. The van der Waals surface area contributed by atoms with Gasteiger partial charge < -0.3 is 5.32 Å². The van der Waals surface area contributed by atoms with Crippen LogP contribution in [0.3, 0.4) is 0 Å². The van der Waals surface area contributed by atoms with Crippen molar-refractivity contribution in [1.29, 1.82) is 5.26 Å². The average Bonchev–Trinajstić information content (AvgIpc) is 2.78. The van der Waals surface area contributed by atoms with Crippen LogP contribution >= 0.6 is 0 Å². The molecule has 2 atom stereocenters. The Bertz CT molecular complexity index is 1590. The number of aryl methyl sites for hydroxylation is 1. The minimum absolute atomic E-state index is 0.0269. The summed E-state index contributed by atoms with van der Waals surface area (Å²) < 4.78 is 76.9. The van der Waals surface area contributed by atoms with E-state index >= 15 is 0 Å². The predicted molar refractivity (Wildman–Crippen MR) is 148 cm³/mol. The van der Waals surface area contributed by atoms with Crippen LogP contribution in [-0.4, -0.2) is 84.6 Å². The van der Waals surface area contributed by atoms with E-state index in [-0.39, 0.29) is 41.5 Å². The van der Waals surface area contributed by atoms with Crippen LogP contribution in [0.4, 0.5) is 11.4 Å². The monoisotopic (exact) mass is 597 g/mol. The standard InChI is InChI=1S/C24H31N5O7S3/c1-17-9-10-21(29(37(4,31)32)38(5,33)34)12-23(17)26-24(30)16-27-14-18(2)28(19(3)15-27)39(35,36)22-8-6-7-20(11-22)13-25/h6-12,18-19H,14-16H2,1-5H3,(H,26,30). The van der Waals surface area contributed by atoms with Crippen molar-refractivity contribution >= 4 is 47.4 Å². The summed E-state index contributed by atoms with van der Waals surface area (Å²) in [7, 11) is -12.2. The van der Waals surface area contributed by atoms with Gasteiger partial charge in [0.2, 0.25) is 36.0 Å². The van der Waals surface area contributed by atoms with Crippen LogP contribution < -0.4 is 9.03 Å². The van der Waals surface area contributed by atoms with E-state index in [1.54, 1.807) is 25.7 Å². The fraction of sp³-hybridized carbons (Fsp3) is 0.417. The van der Waals surface area contributed by atoms with Gasteiger partial charge in [-0.2, -0.15) is 13.3 Å². The number of hydrogen-bond acceptors (Lipinski definition) is 9. The maximum Gasteiger partial charge on any atom is 0.245 e. The third-order valence-electron chi connectivity index (χ3n) is 6.13. The van der Waals surface area contributed by atoms with Crippen LogP contribution in [0.1, 0.15) is 25.0 Å². The largest absolute Gasteiger partial charge is 0.325 e. The van der Waals surface area contributed by atoms with Gasteiger partial charge in [0.25, 0.3) is 0 Å². The third kappa shape index (κ3) is 6.95. The molecule has 1 amide bonds. The Labute approximate surface area is 230 Å². The van der Waals surface area contributed by atoms with Gasteiger partial charge in [-0.25, -0.2) is 25.3 Å². The minimum atomic E-state index is -4.16. The van der Waals surface area contributed by atoms with Gasteiger partial charge in [-0.05, 0) is 56.7 Å². The molecule has 1 fully saturated rings. The van der Waals surface area contributed by atoms with Gasteiger partial charge in [0.15, 0.2) is 0 Å². The number of nitrogens with zero attached hydrogens (tertiary/aromatic N) is 4. The molecule has 0 spiro atoms. The van der Waals surface area contributed by atoms with Gasteiger partial charge in [-0.15, -0.1) is 0 Å². The number of carbonyl (C=O) groups is 1. The molecule has 1 N–H and O–H groups in total. The van der Waals surface area contributed by atoms with Crippen LogP contribution in [0, 0.1) is 18.3 Å². The van der Waals surface area contributed by atoms with Crippen LogP contribution in [0.25, 0.3) is 0 Å². The van der Waals surface area contributed by atoms with Crippen LogP contribution in [0.15, 0.2) is 47.4 Å². The van der Waals surface area contributed by atoms with E-state index in [0.29, 0.717) is 9.27 Å². The number of piperazine rings is 1. The Balaban J connectivity index is 1.76. The summed E-state index contributed by atoms with van der Waals surface area (Å²) in [6.07, 6.45) is 1.54. The van der Waals surface area contributed by atoms with Crippen LogP contribution in [0.5, 0.6) is 0 Å². The molecule has 2 aromatic carbocycles. The highest BCUT2D eigenvalue weighted by Crippen LogP contribution is 2.28. The SMILES string of the molecule is Cc1ccc(N(S(C)(=O)=O)S(C)(=O)=O)cc1NC(=O)CN1CC(C)N(S(=O)(=O)c2cccc(C#N)c2)C(C)C1. The van der Waals surface area contributed by atoms with Gasteiger partial charge in [-0.1, -0.05) is 12.1 Å². The molecule has 12 nitrogen and oxygen atoms in total. The average molecular weight is 598 g/mol. The molecule has 1 heterocycles. The molecule has 1 aliphatic heterocycles. The molecule has 0 bridgehead atoms. The topological polar surface area (TPSA) is 165 Å².